The SMILES string of the molecule is COc1cc([C@@H]2c3cc4c(cc3[C@@H](NC(=O)c3ccc(F)cc3)[C@@H]3C(=O)OC[C@@H]23)OCO4)cc(OC)c1OC(=O)c1ccc(F)cc1. The van der Waals surface area contributed by atoms with Crippen LogP contribution >= 0.6 is 0 Å². The Kier molecular flexibility index (Phi) is 7.63. The van der Waals surface area contributed by atoms with Gasteiger partial charge in [-0.2, -0.15) is 0 Å². The van der Waals surface area contributed by atoms with Crippen molar-refractivity contribution in [3.63, 3.8) is 0 Å². The summed E-state index contributed by atoms with van der Waals surface area (Å²) in [4.78, 5) is 39.7. The number of rotatable bonds is 7. The van der Waals surface area contributed by atoms with Gasteiger partial charge in [0.2, 0.25) is 12.5 Å². The number of hydrogen-bond acceptors (Lipinski definition) is 9. The minimum absolute atomic E-state index is 0.000162. The molecule has 0 saturated carbocycles. The van der Waals surface area contributed by atoms with E-state index in [2.05, 4.69) is 5.32 Å². The zero-order chi connectivity index (χ0) is 32.8. The third-order valence-corrected chi connectivity index (χ3v) is 8.70. The standard InChI is InChI=1S/C35H27F2NO9/c1-42-27-11-19(12-28(43-2)32(27)47-34(40)18-5-9-21(37)10-6-18)29-22-13-25-26(46-16-45-25)14-23(22)31(30-24(29)15-44-35(30)41)38-33(39)17-3-7-20(36)8-4-17/h3-14,24,29-31H,15-16H2,1-2H3,(H,38,39)/t24-,29+,30+,31+/m0/s1. The lowest BCUT2D eigenvalue weighted by atomic mass is 9.65. The molecule has 4 aromatic carbocycles. The Labute approximate surface area is 267 Å². The predicted octanol–water partition coefficient (Wildman–Crippen LogP) is 5.34. The summed E-state index contributed by atoms with van der Waals surface area (Å²) in [5.41, 5.74) is 2.34. The van der Waals surface area contributed by atoms with Gasteiger partial charge in [0.25, 0.3) is 5.91 Å². The fourth-order valence-electron chi connectivity index (χ4n) is 6.51. The van der Waals surface area contributed by atoms with Gasteiger partial charge < -0.3 is 33.7 Å². The van der Waals surface area contributed by atoms with E-state index in [1.165, 1.54) is 50.6 Å². The topological polar surface area (TPSA) is 119 Å². The van der Waals surface area contributed by atoms with Crippen LogP contribution in [0.3, 0.4) is 0 Å². The Morgan fingerprint density at radius 2 is 1.36 bits per heavy atom. The number of halogens is 2. The number of nitrogens with one attached hydrogen (secondary N) is 1. The molecule has 1 N–H and O–H groups in total. The molecule has 1 aliphatic carbocycles. The van der Waals surface area contributed by atoms with Crippen LogP contribution in [0, 0.1) is 23.5 Å². The second kappa shape index (κ2) is 11.9. The van der Waals surface area contributed by atoms with Crippen molar-refractivity contribution in [3.8, 4) is 28.7 Å². The fraction of sp³-hybridized carbons (Fsp3) is 0.229. The molecule has 0 spiro atoms. The monoisotopic (exact) mass is 643 g/mol. The van der Waals surface area contributed by atoms with Crippen molar-refractivity contribution in [1.29, 1.82) is 0 Å². The molecule has 0 bridgehead atoms. The van der Waals surface area contributed by atoms with Crippen LogP contribution in [-0.2, 0) is 9.53 Å². The first-order valence-electron chi connectivity index (χ1n) is 14.7. The van der Waals surface area contributed by atoms with Crippen molar-refractivity contribution in [2.45, 2.75) is 12.0 Å². The average molecular weight is 644 g/mol. The Bertz CT molecular complexity index is 1870. The second-order valence-electron chi connectivity index (χ2n) is 11.2. The number of methoxy groups -OCH3 is 2. The Morgan fingerprint density at radius 3 is 1.96 bits per heavy atom. The third-order valence-electron chi connectivity index (χ3n) is 8.70. The van der Waals surface area contributed by atoms with Gasteiger partial charge in [-0.25, -0.2) is 13.6 Å². The maximum atomic E-state index is 13.6. The van der Waals surface area contributed by atoms with Crippen molar-refractivity contribution in [2.75, 3.05) is 27.6 Å². The summed E-state index contributed by atoms with van der Waals surface area (Å²) in [7, 11) is 2.82. The molecule has 1 fully saturated rings. The smallest absolute Gasteiger partial charge is 0.343 e. The molecule has 0 unspecified atom stereocenters. The zero-order valence-electron chi connectivity index (χ0n) is 25.1. The molecule has 0 aromatic heterocycles. The Morgan fingerprint density at radius 1 is 0.787 bits per heavy atom. The predicted molar refractivity (Wildman–Crippen MR) is 160 cm³/mol. The highest BCUT2D eigenvalue weighted by molar-refractivity contribution is 5.95. The minimum atomic E-state index is -0.812. The van der Waals surface area contributed by atoms with Gasteiger partial charge in [0.05, 0.1) is 38.3 Å². The average Bonchev–Trinajstić information content (AvgIpc) is 3.70. The highest BCUT2D eigenvalue weighted by Gasteiger charge is 2.53. The summed E-state index contributed by atoms with van der Waals surface area (Å²) in [5, 5.41) is 2.98. The molecule has 10 nitrogen and oxygen atoms in total. The number of carbonyl (C=O) groups is 3. The van der Waals surface area contributed by atoms with Gasteiger partial charge in [0.15, 0.2) is 23.0 Å². The molecule has 1 amide bonds. The van der Waals surface area contributed by atoms with Crippen LogP contribution in [0.1, 0.15) is 49.4 Å². The molecule has 7 rings (SSSR count). The van der Waals surface area contributed by atoms with E-state index in [0.29, 0.717) is 22.6 Å². The molecular weight excluding hydrogens is 616 g/mol. The van der Waals surface area contributed by atoms with Crippen molar-refractivity contribution in [1.82, 2.24) is 5.32 Å². The van der Waals surface area contributed by atoms with Gasteiger partial charge in [-0.1, -0.05) is 0 Å². The molecule has 2 heterocycles. The quantitative estimate of drug-likeness (QED) is 0.210. The van der Waals surface area contributed by atoms with Crippen LogP contribution in [0.5, 0.6) is 28.7 Å². The van der Waals surface area contributed by atoms with E-state index in [1.807, 2.05) is 6.07 Å². The maximum absolute atomic E-state index is 13.6. The van der Waals surface area contributed by atoms with Crippen LogP contribution in [-0.4, -0.2) is 45.5 Å². The van der Waals surface area contributed by atoms with E-state index >= 15 is 0 Å². The van der Waals surface area contributed by atoms with Gasteiger partial charge in [0, 0.05) is 17.4 Å². The van der Waals surface area contributed by atoms with Gasteiger partial charge in [-0.05, 0) is 89.5 Å². The number of fused-ring (bicyclic) bond motifs is 3. The van der Waals surface area contributed by atoms with Crippen molar-refractivity contribution < 1.29 is 51.6 Å². The number of carbonyl (C=O) groups excluding carboxylic acids is 3. The molecule has 2 aliphatic heterocycles. The van der Waals surface area contributed by atoms with E-state index in [9.17, 15) is 23.2 Å². The van der Waals surface area contributed by atoms with E-state index < -0.39 is 53.3 Å². The van der Waals surface area contributed by atoms with Crippen molar-refractivity contribution >= 4 is 17.8 Å². The molecule has 12 heteroatoms. The van der Waals surface area contributed by atoms with Gasteiger partial charge in [-0.15, -0.1) is 0 Å². The molecular formula is C35H27F2NO9. The first-order chi connectivity index (χ1) is 22.7. The molecule has 240 valence electrons. The van der Waals surface area contributed by atoms with E-state index in [0.717, 1.165) is 17.7 Å². The summed E-state index contributed by atoms with van der Waals surface area (Å²) in [5.74, 6) is -3.19. The van der Waals surface area contributed by atoms with Gasteiger partial charge in [-0.3, -0.25) is 9.59 Å². The lowest BCUT2D eigenvalue weighted by Crippen LogP contribution is -2.43. The highest BCUT2D eigenvalue weighted by atomic mass is 19.1. The van der Waals surface area contributed by atoms with Crippen LogP contribution in [0.15, 0.2) is 72.8 Å². The molecule has 47 heavy (non-hydrogen) atoms. The largest absolute Gasteiger partial charge is 0.493 e. The Balaban J connectivity index is 1.32. The second-order valence-corrected chi connectivity index (χ2v) is 11.2. The normalized spacial score (nSPS) is 20.5. The van der Waals surface area contributed by atoms with Crippen LogP contribution in [0.25, 0.3) is 0 Å². The number of hydrogen-bond donors (Lipinski definition) is 1. The molecule has 4 aromatic rings. The van der Waals surface area contributed by atoms with E-state index in [-0.39, 0.29) is 41.8 Å². The summed E-state index contributed by atoms with van der Waals surface area (Å²) in [6.07, 6.45) is 0. The zero-order valence-corrected chi connectivity index (χ0v) is 25.1. The fourth-order valence-corrected chi connectivity index (χ4v) is 6.51. The minimum Gasteiger partial charge on any atom is -0.493 e. The molecule has 4 atom stereocenters. The first kappa shape index (κ1) is 30.0. The number of ether oxygens (including phenoxy) is 6. The molecule has 0 radical (unpaired) electrons. The number of esters is 2. The summed E-state index contributed by atoms with van der Waals surface area (Å²) in [6.45, 7) is 0.0526. The summed E-state index contributed by atoms with van der Waals surface area (Å²) >= 11 is 0. The van der Waals surface area contributed by atoms with Crippen molar-refractivity contribution in [2.24, 2.45) is 11.8 Å². The lowest BCUT2D eigenvalue weighted by Gasteiger charge is -2.39. The summed E-state index contributed by atoms with van der Waals surface area (Å²) < 4.78 is 61.0. The Hall–Kier alpha value is -5.65. The van der Waals surface area contributed by atoms with Gasteiger partial charge in [0.1, 0.15) is 11.6 Å². The molecule has 1 saturated heterocycles. The number of cyclic esters (lactones) is 1. The highest BCUT2D eigenvalue weighted by Crippen LogP contribution is 2.55. The van der Waals surface area contributed by atoms with Crippen LogP contribution in [0.4, 0.5) is 8.78 Å². The van der Waals surface area contributed by atoms with Gasteiger partial charge >= 0.3 is 11.9 Å². The summed E-state index contributed by atoms with van der Waals surface area (Å²) in [6, 6.07) is 16.1. The number of benzene rings is 4. The third kappa shape index (κ3) is 5.35. The van der Waals surface area contributed by atoms with E-state index in [4.69, 9.17) is 28.4 Å². The first-order valence-corrected chi connectivity index (χ1v) is 14.7. The lowest BCUT2D eigenvalue weighted by molar-refractivity contribution is -0.142. The van der Waals surface area contributed by atoms with Crippen molar-refractivity contribution in [3.05, 3.63) is 112 Å². The van der Waals surface area contributed by atoms with Crippen LogP contribution < -0.4 is 29.0 Å². The maximum Gasteiger partial charge on any atom is 0.343 e. The van der Waals surface area contributed by atoms with Crippen LogP contribution in [0.2, 0.25) is 0 Å². The number of amides is 1. The van der Waals surface area contributed by atoms with E-state index in [1.54, 1.807) is 18.2 Å². The molecule has 3 aliphatic rings.